The van der Waals surface area contributed by atoms with Crippen LogP contribution >= 0.6 is 0 Å². The molecular formula is C15H21N3O. The van der Waals surface area contributed by atoms with Crippen LogP contribution in [0.25, 0.3) is 10.9 Å². The van der Waals surface area contributed by atoms with Gasteiger partial charge in [0.15, 0.2) is 0 Å². The van der Waals surface area contributed by atoms with Crippen molar-refractivity contribution < 1.29 is 4.74 Å². The lowest BCUT2D eigenvalue weighted by Gasteiger charge is -2.22. The van der Waals surface area contributed by atoms with E-state index in [9.17, 15) is 0 Å². The van der Waals surface area contributed by atoms with E-state index in [0.29, 0.717) is 6.54 Å². The van der Waals surface area contributed by atoms with E-state index in [1.165, 1.54) is 11.3 Å². The van der Waals surface area contributed by atoms with Crippen molar-refractivity contribution in [1.29, 1.82) is 0 Å². The summed E-state index contributed by atoms with van der Waals surface area (Å²) in [6, 6.07) is 6.02. The summed E-state index contributed by atoms with van der Waals surface area (Å²) in [5.74, 6) is 0.808. The predicted molar refractivity (Wildman–Crippen MR) is 80.1 cm³/mol. The summed E-state index contributed by atoms with van der Waals surface area (Å²) in [6.45, 7) is 2.66. The average Bonchev–Trinajstić information content (AvgIpc) is 2.38. The Bertz CT molecular complexity index is 593. The van der Waals surface area contributed by atoms with Gasteiger partial charge in [0.1, 0.15) is 11.3 Å². The van der Waals surface area contributed by atoms with E-state index < -0.39 is 0 Å². The lowest BCUT2D eigenvalue weighted by atomic mass is 10.0. The molecule has 102 valence electrons. The van der Waals surface area contributed by atoms with Crippen LogP contribution in [-0.4, -0.2) is 32.7 Å². The number of methoxy groups -OCH3 is 1. The molecule has 0 fully saturated rings. The van der Waals surface area contributed by atoms with Crippen molar-refractivity contribution in [2.75, 3.05) is 32.6 Å². The summed E-state index contributed by atoms with van der Waals surface area (Å²) in [5.41, 5.74) is 10.1. The van der Waals surface area contributed by atoms with Gasteiger partial charge in [0.25, 0.3) is 0 Å². The molecule has 1 aromatic heterocycles. The van der Waals surface area contributed by atoms with Crippen molar-refractivity contribution in [3.8, 4) is 5.75 Å². The van der Waals surface area contributed by atoms with Crippen molar-refractivity contribution >= 4 is 16.6 Å². The molecule has 2 aromatic rings. The maximum atomic E-state index is 5.73. The minimum atomic E-state index is 0.624. The maximum absolute atomic E-state index is 5.73. The fourth-order valence-electron chi connectivity index (χ4n) is 2.52. The smallest absolute Gasteiger partial charge is 0.145 e. The molecule has 1 heterocycles. The highest BCUT2D eigenvalue weighted by Gasteiger charge is 2.15. The zero-order valence-electron chi connectivity index (χ0n) is 12.0. The van der Waals surface area contributed by atoms with Gasteiger partial charge in [-0.05, 0) is 31.5 Å². The van der Waals surface area contributed by atoms with E-state index >= 15 is 0 Å². The fourth-order valence-corrected chi connectivity index (χ4v) is 2.52. The van der Waals surface area contributed by atoms with Crippen LogP contribution in [0.15, 0.2) is 18.2 Å². The Labute approximate surface area is 114 Å². The van der Waals surface area contributed by atoms with E-state index in [1.807, 2.05) is 33.2 Å². The van der Waals surface area contributed by atoms with Crippen molar-refractivity contribution in [3.05, 3.63) is 29.5 Å². The third-order valence-corrected chi connectivity index (χ3v) is 3.32. The minimum Gasteiger partial charge on any atom is -0.494 e. The summed E-state index contributed by atoms with van der Waals surface area (Å²) in [5, 5.41) is 1.11. The number of aromatic nitrogens is 1. The molecule has 2 rings (SSSR count). The molecule has 0 radical (unpaired) electrons. The standard InChI is InChI=1S/C15H21N3O/c1-10-11(8-9-16)15(18(2)3)12-6-5-7-13(19-4)14(12)17-10/h5-7H,8-9,16H2,1-4H3. The molecule has 0 saturated carbocycles. The van der Waals surface area contributed by atoms with Crippen LogP contribution in [0, 0.1) is 6.92 Å². The van der Waals surface area contributed by atoms with Crippen LogP contribution in [0.4, 0.5) is 5.69 Å². The number of pyridine rings is 1. The van der Waals surface area contributed by atoms with Gasteiger partial charge >= 0.3 is 0 Å². The van der Waals surface area contributed by atoms with Gasteiger partial charge in [0.05, 0.1) is 12.8 Å². The number of anilines is 1. The first-order chi connectivity index (χ1) is 9.10. The Kier molecular flexibility index (Phi) is 3.90. The summed E-state index contributed by atoms with van der Waals surface area (Å²) >= 11 is 0. The normalized spacial score (nSPS) is 10.8. The highest BCUT2D eigenvalue weighted by Crippen LogP contribution is 2.34. The monoisotopic (exact) mass is 259 g/mol. The number of aryl methyl sites for hydroxylation is 1. The van der Waals surface area contributed by atoms with Gasteiger partial charge in [0, 0.05) is 25.2 Å². The van der Waals surface area contributed by atoms with Crippen molar-refractivity contribution in [3.63, 3.8) is 0 Å². The van der Waals surface area contributed by atoms with Crippen molar-refractivity contribution in [2.24, 2.45) is 5.73 Å². The SMILES string of the molecule is COc1cccc2c(N(C)C)c(CCN)c(C)nc12. The van der Waals surface area contributed by atoms with Crippen LogP contribution < -0.4 is 15.4 Å². The van der Waals surface area contributed by atoms with Gasteiger partial charge in [-0.15, -0.1) is 0 Å². The van der Waals surface area contributed by atoms with Gasteiger partial charge in [0.2, 0.25) is 0 Å². The molecule has 0 aliphatic heterocycles. The van der Waals surface area contributed by atoms with Gasteiger partial charge < -0.3 is 15.4 Å². The Morgan fingerprint density at radius 3 is 2.63 bits per heavy atom. The van der Waals surface area contributed by atoms with Gasteiger partial charge in [-0.1, -0.05) is 12.1 Å². The molecule has 0 amide bonds. The van der Waals surface area contributed by atoms with Gasteiger partial charge in [-0.2, -0.15) is 0 Å². The minimum absolute atomic E-state index is 0.624. The molecule has 0 bridgehead atoms. The highest BCUT2D eigenvalue weighted by molar-refractivity contribution is 5.97. The largest absolute Gasteiger partial charge is 0.494 e. The summed E-state index contributed by atoms with van der Waals surface area (Å²) in [4.78, 5) is 6.83. The summed E-state index contributed by atoms with van der Waals surface area (Å²) < 4.78 is 5.41. The van der Waals surface area contributed by atoms with E-state index in [1.54, 1.807) is 7.11 Å². The Morgan fingerprint density at radius 1 is 1.32 bits per heavy atom. The number of nitrogens with zero attached hydrogens (tertiary/aromatic N) is 2. The molecule has 1 aromatic carbocycles. The van der Waals surface area contributed by atoms with Crippen LogP contribution in [0.2, 0.25) is 0 Å². The van der Waals surface area contributed by atoms with Crippen molar-refractivity contribution in [1.82, 2.24) is 4.98 Å². The molecule has 0 aliphatic rings. The number of hydrogen-bond acceptors (Lipinski definition) is 4. The molecule has 19 heavy (non-hydrogen) atoms. The number of nitrogens with two attached hydrogens (primary N) is 1. The fraction of sp³-hybridized carbons (Fsp3) is 0.400. The maximum Gasteiger partial charge on any atom is 0.145 e. The zero-order chi connectivity index (χ0) is 14.0. The number of rotatable bonds is 4. The number of para-hydroxylation sites is 1. The molecule has 2 N–H and O–H groups in total. The Hall–Kier alpha value is -1.81. The zero-order valence-corrected chi connectivity index (χ0v) is 12.0. The second-order valence-electron chi connectivity index (χ2n) is 4.81. The van der Waals surface area contributed by atoms with Crippen LogP contribution in [-0.2, 0) is 6.42 Å². The molecular weight excluding hydrogens is 238 g/mol. The Balaban J connectivity index is 2.84. The van der Waals surface area contributed by atoms with E-state index in [0.717, 1.165) is 28.8 Å². The summed E-state index contributed by atoms with van der Waals surface area (Å²) in [6.07, 6.45) is 0.833. The quantitative estimate of drug-likeness (QED) is 0.913. The summed E-state index contributed by atoms with van der Waals surface area (Å²) in [7, 11) is 5.77. The first-order valence-corrected chi connectivity index (χ1v) is 6.43. The first-order valence-electron chi connectivity index (χ1n) is 6.43. The molecule has 4 heteroatoms. The molecule has 0 unspecified atom stereocenters. The predicted octanol–water partition coefficient (Wildman–Crippen LogP) is 2.12. The third-order valence-electron chi connectivity index (χ3n) is 3.32. The topological polar surface area (TPSA) is 51.4 Å². The average molecular weight is 259 g/mol. The molecule has 0 aliphatic carbocycles. The van der Waals surface area contributed by atoms with Gasteiger partial charge in [-0.25, -0.2) is 4.98 Å². The number of fused-ring (bicyclic) bond motifs is 1. The van der Waals surface area contributed by atoms with E-state index in [4.69, 9.17) is 15.5 Å². The van der Waals surface area contributed by atoms with Crippen LogP contribution in [0.5, 0.6) is 5.75 Å². The number of hydrogen-bond donors (Lipinski definition) is 1. The Morgan fingerprint density at radius 2 is 2.05 bits per heavy atom. The molecule has 4 nitrogen and oxygen atoms in total. The number of ether oxygens (including phenoxy) is 1. The number of benzene rings is 1. The van der Waals surface area contributed by atoms with Crippen LogP contribution in [0.3, 0.4) is 0 Å². The lowest BCUT2D eigenvalue weighted by Crippen LogP contribution is -2.16. The van der Waals surface area contributed by atoms with E-state index in [2.05, 4.69) is 11.0 Å². The molecule has 0 saturated heterocycles. The first kappa shape index (κ1) is 13.6. The molecule has 0 atom stereocenters. The van der Waals surface area contributed by atoms with Gasteiger partial charge in [-0.3, -0.25) is 0 Å². The van der Waals surface area contributed by atoms with E-state index in [-0.39, 0.29) is 0 Å². The lowest BCUT2D eigenvalue weighted by molar-refractivity contribution is 0.419. The van der Waals surface area contributed by atoms with Crippen molar-refractivity contribution in [2.45, 2.75) is 13.3 Å². The highest BCUT2D eigenvalue weighted by atomic mass is 16.5. The second kappa shape index (κ2) is 5.45. The van der Waals surface area contributed by atoms with Crippen LogP contribution in [0.1, 0.15) is 11.3 Å². The second-order valence-corrected chi connectivity index (χ2v) is 4.81. The molecule has 0 spiro atoms. The third kappa shape index (κ3) is 2.36.